The van der Waals surface area contributed by atoms with E-state index >= 15 is 0 Å². The van der Waals surface area contributed by atoms with Crippen molar-refractivity contribution in [1.82, 2.24) is 10.3 Å². The molecule has 0 aliphatic carbocycles. The maximum atomic E-state index is 11.9. The zero-order valence-electron chi connectivity index (χ0n) is 10.6. The molecule has 2 aromatic rings. The van der Waals surface area contributed by atoms with Gasteiger partial charge in [0.25, 0.3) is 5.91 Å². The van der Waals surface area contributed by atoms with Crippen LogP contribution in [-0.2, 0) is 12.3 Å². The molecular formula is C14H15ClN2OS. The molecule has 1 N–H and O–H groups in total. The summed E-state index contributed by atoms with van der Waals surface area (Å²) < 4.78 is 0. The molecule has 0 spiro atoms. The summed E-state index contributed by atoms with van der Waals surface area (Å²) in [5, 5.41) is 5.96. The molecule has 0 aliphatic rings. The Kier molecular flexibility index (Phi) is 4.93. The molecule has 100 valence electrons. The zero-order valence-corrected chi connectivity index (χ0v) is 12.2. The lowest BCUT2D eigenvalue weighted by atomic mass is 10.1. The molecule has 0 saturated carbocycles. The van der Waals surface area contributed by atoms with Gasteiger partial charge in [-0.25, -0.2) is 4.98 Å². The van der Waals surface area contributed by atoms with Crippen molar-refractivity contribution in [2.45, 2.75) is 19.2 Å². The second-order valence-electron chi connectivity index (χ2n) is 4.22. The summed E-state index contributed by atoms with van der Waals surface area (Å²) in [6.45, 7) is 2.57. The van der Waals surface area contributed by atoms with Crippen LogP contribution in [0.5, 0.6) is 0 Å². The Morgan fingerprint density at radius 1 is 1.37 bits per heavy atom. The number of nitrogens with zero attached hydrogens (tertiary/aromatic N) is 1. The molecule has 0 saturated heterocycles. The van der Waals surface area contributed by atoms with Crippen LogP contribution >= 0.6 is 22.9 Å². The van der Waals surface area contributed by atoms with Gasteiger partial charge in [-0.1, -0.05) is 12.1 Å². The second kappa shape index (κ2) is 6.68. The van der Waals surface area contributed by atoms with Crippen molar-refractivity contribution < 1.29 is 4.79 Å². The third-order valence-electron chi connectivity index (χ3n) is 2.66. The van der Waals surface area contributed by atoms with Crippen molar-refractivity contribution in [3.05, 3.63) is 51.5 Å². The first-order valence-electron chi connectivity index (χ1n) is 6.03. The fourth-order valence-corrected chi connectivity index (χ4v) is 2.60. The number of benzene rings is 1. The van der Waals surface area contributed by atoms with Gasteiger partial charge in [-0.3, -0.25) is 4.79 Å². The Morgan fingerprint density at radius 2 is 2.11 bits per heavy atom. The Labute approximate surface area is 121 Å². The number of hydrogen-bond acceptors (Lipinski definition) is 3. The molecule has 2 rings (SSSR count). The van der Waals surface area contributed by atoms with Crippen molar-refractivity contribution in [3.63, 3.8) is 0 Å². The molecule has 1 aromatic heterocycles. The monoisotopic (exact) mass is 294 g/mol. The summed E-state index contributed by atoms with van der Waals surface area (Å²) in [4.78, 5) is 16.2. The summed E-state index contributed by atoms with van der Waals surface area (Å²) >= 11 is 7.33. The largest absolute Gasteiger partial charge is 0.352 e. The molecule has 0 aliphatic heterocycles. The van der Waals surface area contributed by atoms with E-state index in [0.717, 1.165) is 22.7 Å². The average molecular weight is 295 g/mol. The molecule has 0 fully saturated rings. The topological polar surface area (TPSA) is 42.0 Å². The predicted octanol–water partition coefficient (Wildman–Crippen LogP) is 3.16. The van der Waals surface area contributed by atoms with E-state index in [9.17, 15) is 4.79 Å². The van der Waals surface area contributed by atoms with E-state index in [4.69, 9.17) is 11.6 Å². The van der Waals surface area contributed by atoms with Crippen molar-refractivity contribution >= 4 is 28.8 Å². The molecule has 5 heteroatoms. The molecule has 0 atom stereocenters. The van der Waals surface area contributed by atoms with Gasteiger partial charge in [0, 0.05) is 35.5 Å². The molecule has 1 heterocycles. The van der Waals surface area contributed by atoms with Gasteiger partial charge < -0.3 is 5.32 Å². The minimum Gasteiger partial charge on any atom is -0.352 e. The average Bonchev–Trinajstić information content (AvgIpc) is 2.84. The lowest BCUT2D eigenvalue weighted by molar-refractivity contribution is 0.0954. The first kappa shape index (κ1) is 14.0. The number of halogens is 1. The molecule has 19 heavy (non-hydrogen) atoms. The van der Waals surface area contributed by atoms with Crippen LogP contribution in [0.4, 0.5) is 0 Å². The highest BCUT2D eigenvalue weighted by molar-refractivity contribution is 7.09. The first-order valence-corrected chi connectivity index (χ1v) is 7.44. The van der Waals surface area contributed by atoms with E-state index in [0.29, 0.717) is 18.0 Å². The predicted molar refractivity (Wildman–Crippen MR) is 78.9 cm³/mol. The van der Waals surface area contributed by atoms with E-state index in [1.165, 1.54) is 0 Å². The highest BCUT2D eigenvalue weighted by atomic mass is 35.5. The van der Waals surface area contributed by atoms with Gasteiger partial charge in [0.05, 0.1) is 5.01 Å². The Bertz CT molecular complexity index is 551. The SMILES string of the molecule is Cc1csc(CCNC(=O)c2ccc(CCl)cc2)n1. The van der Waals surface area contributed by atoms with Crippen LogP contribution in [-0.4, -0.2) is 17.4 Å². The fraction of sp³-hybridized carbons (Fsp3) is 0.286. The van der Waals surface area contributed by atoms with Gasteiger partial charge >= 0.3 is 0 Å². The standard InChI is InChI=1S/C14H15ClN2OS/c1-10-9-19-13(17-10)6-7-16-14(18)12-4-2-11(8-15)3-5-12/h2-5,9H,6-8H2,1H3,(H,16,18). The van der Waals surface area contributed by atoms with Crippen LogP contribution < -0.4 is 5.32 Å². The lowest BCUT2D eigenvalue weighted by Crippen LogP contribution is -2.25. The number of alkyl halides is 1. The van der Waals surface area contributed by atoms with E-state index in [1.54, 1.807) is 23.5 Å². The molecule has 1 aromatic carbocycles. The molecule has 0 radical (unpaired) electrons. The fourth-order valence-electron chi connectivity index (χ4n) is 1.65. The van der Waals surface area contributed by atoms with Gasteiger partial charge in [-0.05, 0) is 24.6 Å². The third-order valence-corrected chi connectivity index (χ3v) is 4.00. The van der Waals surface area contributed by atoms with E-state index in [1.807, 2.05) is 24.4 Å². The number of carbonyl (C=O) groups excluding carboxylic acids is 1. The molecule has 1 amide bonds. The van der Waals surface area contributed by atoms with Crippen molar-refractivity contribution in [2.75, 3.05) is 6.54 Å². The summed E-state index contributed by atoms with van der Waals surface area (Å²) in [6.07, 6.45) is 0.768. The molecule has 3 nitrogen and oxygen atoms in total. The van der Waals surface area contributed by atoms with Crippen molar-refractivity contribution in [3.8, 4) is 0 Å². The number of rotatable bonds is 5. The van der Waals surface area contributed by atoms with Crippen LogP contribution in [0.3, 0.4) is 0 Å². The van der Waals surface area contributed by atoms with Gasteiger partial charge in [-0.2, -0.15) is 0 Å². The number of amides is 1. The number of thiazole rings is 1. The number of aromatic nitrogens is 1. The third kappa shape index (κ3) is 4.04. The Balaban J connectivity index is 1.83. The van der Waals surface area contributed by atoms with Crippen LogP contribution in [0.1, 0.15) is 26.6 Å². The van der Waals surface area contributed by atoms with Crippen LogP contribution in [0.15, 0.2) is 29.6 Å². The maximum Gasteiger partial charge on any atom is 0.251 e. The quantitative estimate of drug-likeness (QED) is 0.861. The van der Waals surface area contributed by atoms with Gasteiger partial charge in [-0.15, -0.1) is 22.9 Å². The van der Waals surface area contributed by atoms with Gasteiger partial charge in [0.2, 0.25) is 0 Å². The van der Waals surface area contributed by atoms with E-state index in [2.05, 4.69) is 10.3 Å². The number of aryl methyl sites for hydroxylation is 1. The maximum absolute atomic E-state index is 11.9. The smallest absolute Gasteiger partial charge is 0.251 e. The summed E-state index contributed by atoms with van der Waals surface area (Å²) in [6, 6.07) is 7.32. The zero-order chi connectivity index (χ0) is 13.7. The van der Waals surface area contributed by atoms with Crippen molar-refractivity contribution in [1.29, 1.82) is 0 Å². The van der Waals surface area contributed by atoms with E-state index in [-0.39, 0.29) is 5.91 Å². The van der Waals surface area contributed by atoms with Gasteiger partial charge in [0.15, 0.2) is 0 Å². The highest BCUT2D eigenvalue weighted by Gasteiger charge is 2.05. The Morgan fingerprint density at radius 3 is 2.68 bits per heavy atom. The molecule has 0 bridgehead atoms. The Hall–Kier alpha value is -1.39. The van der Waals surface area contributed by atoms with Crippen LogP contribution in [0, 0.1) is 6.92 Å². The van der Waals surface area contributed by atoms with Gasteiger partial charge in [0.1, 0.15) is 0 Å². The highest BCUT2D eigenvalue weighted by Crippen LogP contribution is 2.09. The van der Waals surface area contributed by atoms with Crippen molar-refractivity contribution in [2.24, 2.45) is 0 Å². The molecule has 0 unspecified atom stereocenters. The van der Waals surface area contributed by atoms with Crippen LogP contribution in [0.25, 0.3) is 0 Å². The summed E-state index contributed by atoms with van der Waals surface area (Å²) in [7, 11) is 0. The summed E-state index contributed by atoms with van der Waals surface area (Å²) in [5.74, 6) is 0.403. The summed E-state index contributed by atoms with van der Waals surface area (Å²) in [5.41, 5.74) is 2.70. The van der Waals surface area contributed by atoms with Crippen LogP contribution in [0.2, 0.25) is 0 Å². The first-order chi connectivity index (χ1) is 9.19. The minimum atomic E-state index is -0.0607. The lowest BCUT2D eigenvalue weighted by Gasteiger charge is -2.04. The normalized spacial score (nSPS) is 10.4. The number of hydrogen-bond donors (Lipinski definition) is 1. The molecular weight excluding hydrogens is 280 g/mol. The minimum absolute atomic E-state index is 0.0607. The number of carbonyl (C=O) groups is 1. The number of nitrogens with one attached hydrogen (secondary N) is 1. The van der Waals surface area contributed by atoms with E-state index < -0.39 is 0 Å². The second-order valence-corrected chi connectivity index (χ2v) is 5.43.